The lowest BCUT2D eigenvalue weighted by Crippen LogP contribution is -2.47. The summed E-state index contributed by atoms with van der Waals surface area (Å²) in [5.74, 6) is 1.51. The van der Waals surface area contributed by atoms with Gasteiger partial charge in [0.15, 0.2) is 0 Å². The van der Waals surface area contributed by atoms with Gasteiger partial charge in [0.1, 0.15) is 13.5 Å². The summed E-state index contributed by atoms with van der Waals surface area (Å²) >= 11 is 0. The monoisotopic (exact) mass is 592 g/mol. The minimum absolute atomic E-state index is 0.0212. The third kappa shape index (κ3) is 10.1. The van der Waals surface area contributed by atoms with Crippen LogP contribution in [0.2, 0.25) is 0 Å². The maximum Gasteiger partial charge on any atom is 0.269 e. The van der Waals surface area contributed by atoms with Crippen LogP contribution in [0.4, 0.5) is 40.6 Å². The van der Waals surface area contributed by atoms with Gasteiger partial charge < -0.3 is 29.9 Å². The van der Waals surface area contributed by atoms with Crippen molar-refractivity contribution in [2.75, 3.05) is 73.3 Å². The summed E-state index contributed by atoms with van der Waals surface area (Å²) < 4.78 is 11.3. The number of piperazine rings is 1. The van der Waals surface area contributed by atoms with E-state index >= 15 is 0 Å². The van der Waals surface area contributed by atoms with Crippen LogP contribution < -0.4 is 20.4 Å². The van der Waals surface area contributed by atoms with E-state index in [9.17, 15) is 10.1 Å². The zero-order valence-electron chi connectivity index (χ0n) is 24.8. The Morgan fingerprint density at radius 2 is 1.26 bits per heavy atom. The van der Waals surface area contributed by atoms with Crippen LogP contribution >= 0.6 is 0 Å². The number of nitro groups is 1. The molecule has 2 N–H and O–H groups in total. The highest BCUT2D eigenvalue weighted by atomic mass is 16.6. The molecule has 0 atom stereocenters. The van der Waals surface area contributed by atoms with Crippen molar-refractivity contribution >= 4 is 40.6 Å². The number of benzene rings is 2. The number of azo groups is 1. The largest absolute Gasteiger partial charge is 0.368 e. The number of nitrogens with one attached hydrogen (secondary N) is 2. The number of hydrogen-bond donors (Lipinski definition) is 2. The van der Waals surface area contributed by atoms with E-state index in [1.54, 1.807) is 12.1 Å². The van der Waals surface area contributed by atoms with Gasteiger partial charge in [0.25, 0.3) is 5.69 Å². The Bertz CT molecular complexity index is 1270. The first-order valence-electron chi connectivity index (χ1n) is 14.7. The molecular weight excluding hydrogens is 552 g/mol. The minimum Gasteiger partial charge on any atom is -0.368 e. The predicted molar refractivity (Wildman–Crippen MR) is 167 cm³/mol. The number of rotatable bonds is 17. The van der Waals surface area contributed by atoms with E-state index in [4.69, 9.17) is 9.47 Å². The zero-order valence-corrected chi connectivity index (χ0v) is 24.8. The molecule has 1 aliphatic heterocycles. The molecule has 1 aromatic heterocycles. The molecule has 3 aromatic rings. The van der Waals surface area contributed by atoms with Crippen molar-refractivity contribution in [3.8, 4) is 0 Å². The van der Waals surface area contributed by atoms with Gasteiger partial charge in [-0.3, -0.25) is 10.1 Å². The maximum atomic E-state index is 10.8. The minimum atomic E-state index is -0.440. The van der Waals surface area contributed by atoms with Crippen molar-refractivity contribution in [1.82, 2.24) is 15.0 Å². The lowest BCUT2D eigenvalue weighted by atomic mass is 10.2. The molecule has 1 aliphatic rings. The Morgan fingerprint density at radius 1 is 0.767 bits per heavy atom. The SMILES string of the molecule is CCCCOCNc1nc(NCOCCCC)nc(N2CCN(c3ccc(N=Nc4ccc([N+](=O)[O-])cc4)cc3)CC2)n1. The van der Waals surface area contributed by atoms with Crippen LogP contribution in [0.5, 0.6) is 0 Å². The summed E-state index contributed by atoms with van der Waals surface area (Å²) in [6, 6.07) is 13.8. The van der Waals surface area contributed by atoms with Gasteiger partial charge in [-0.15, -0.1) is 0 Å². The molecule has 0 bridgehead atoms. The first kappa shape index (κ1) is 31.5. The fourth-order valence-electron chi connectivity index (χ4n) is 4.18. The Kier molecular flexibility index (Phi) is 12.4. The highest BCUT2D eigenvalue weighted by Gasteiger charge is 2.21. The molecule has 2 aromatic carbocycles. The highest BCUT2D eigenvalue weighted by Crippen LogP contribution is 2.25. The quantitative estimate of drug-likeness (QED) is 0.0633. The Hall–Kier alpha value is -4.43. The Labute approximate surface area is 251 Å². The zero-order chi connectivity index (χ0) is 30.3. The van der Waals surface area contributed by atoms with E-state index in [1.165, 1.54) is 12.1 Å². The standard InChI is InChI=1S/C29H40N10O4/c1-3-5-19-42-21-30-27-32-28(31-22-43-20-6-4-2)34-29(33-27)38-17-15-37(16-18-38)25-11-7-23(8-12-25)35-36-24-9-13-26(14-10-24)39(40)41/h7-14H,3-6,15-22H2,1-2H3,(H2,30,31,32,33,34). The van der Waals surface area contributed by atoms with Crippen LogP contribution in [0.1, 0.15) is 39.5 Å². The second kappa shape index (κ2) is 16.9. The summed E-state index contributed by atoms with van der Waals surface area (Å²) in [5.41, 5.74) is 2.35. The van der Waals surface area contributed by atoms with Crippen molar-refractivity contribution in [2.24, 2.45) is 10.2 Å². The lowest BCUT2D eigenvalue weighted by Gasteiger charge is -2.36. The van der Waals surface area contributed by atoms with Gasteiger partial charge in [-0.25, -0.2) is 0 Å². The van der Waals surface area contributed by atoms with E-state index < -0.39 is 4.92 Å². The summed E-state index contributed by atoms with van der Waals surface area (Å²) in [7, 11) is 0. The molecule has 0 amide bonds. The highest BCUT2D eigenvalue weighted by molar-refractivity contribution is 5.54. The van der Waals surface area contributed by atoms with E-state index in [1.807, 2.05) is 24.3 Å². The molecule has 4 rings (SSSR count). The van der Waals surface area contributed by atoms with Crippen LogP contribution in [0, 0.1) is 10.1 Å². The van der Waals surface area contributed by atoms with E-state index in [-0.39, 0.29) is 5.69 Å². The van der Waals surface area contributed by atoms with Gasteiger partial charge in [0, 0.05) is 57.2 Å². The summed E-state index contributed by atoms with van der Waals surface area (Å²) in [6.45, 7) is 9.34. The van der Waals surface area contributed by atoms with Gasteiger partial charge >= 0.3 is 0 Å². The number of nitrogens with zero attached hydrogens (tertiary/aromatic N) is 8. The fraction of sp³-hybridized carbons (Fsp3) is 0.483. The predicted octanol–water partition coefficient (Wildman–Crippen LogP) is 5.89. The van der Waals surface area contributed by atoms with E-state index in [2.05, 4.69) is 59.5 Å². The molecule has 14 nitrogen and oxygen atoms in total. The Morgan fingerprint density at radius 3 is 1.74 bits per heavy atom. The van der Waals surface area contributed by atoms with Crippen molar-refractivity contribution < 1.29 is 14.4 Å². The van der Waals surface area contributed by atoms with Crippen LogP contribution in [0.3, 0.4) is 0 Å². The van der Waals surface area contributed by atoms with Crippen molar-refractivity contribution in [1.29, 1.82) is 0 Å². The molecular formula is C29H40N10O4. The molecule has 1 fully saturated rings. The van der Waals surface area contributed by atoms with Crippen LogP contribution in [0.15, 0.2) is 58.8 Å². The number of hydrogen-bond acceptors (Lipinski definition) is 13. The Balaban J connectivity index is 1.33. The fourth-order valence-corrected chi connectivity index (χ4v) is 4.18. The van der Waals surface area contributed by atoms with Crippen molar-refractivity contribution in [3.05, 3.63) is 58.6 Å². The number of anilines is 4. The van der Waals surface area contributed by atoms with Crippen LogP contribution in [-0.4, -0.2) is 72.7 Å². The van der Waals surface area contributed by atoms with Gasteiger partial charge in [0.2, 0.25) is 17.8 Å². The third-order valence-corrected chi connectivity index (χ3v) is 6.69. The third-order valence-electron chi connectivity index (χ3n) is 6.69. The molecule has 1 saturated heterocycles. The number of ether oxygens (including phenoxy) is 2. The van der Waals surface area contributed by atoms with Crippen LogP contribution in [0.25, 0.3) is 0 Å². The lowest BCUT2D eigenvalue weighted by molar-refractivity contribution is -0.384. The smallest absolute Gasteiger partial charge is 0.269 e. The second-order valence-corrected chi connectivity index (χ2v) is 9.91. The second-order valence-electron chi connectivity index (χ2n) is 9.91. The molecule has 230 valence electrons. The maximum absolute atomic E-state index is 10.8. The molecule has 43 heavy (non-hydrogen) atoms. The van der Waals surface area contributed by atoms with Crippen molar-refractivity contribution in [3.63, 3.8) is 0 Å². The molecule has 0 spiro atoms. The molecule has 0 saturated carbocycles. The van der Waals surface area contributed by atoms with E-state index in [0.29, 0.717) is 55.9 Å². The summed E-state index contributed by atoms with van der Waals surface area (Å²) in [4.78, 5) is 28.6. The van der Waals surface area contributed by atoms with Crippen LogP contribution in [-0.2, 0) is 9.47 Å². The first-order valence-corrected chi connectivity index (χ1v) is 14.7. The molecule has 0 radical (unpaired) electrons. The van der Waals surface area contributed by atoms with Gasteiger partial charge in [-0.05, 0) is 49.2 Å². The number of unbranched alkanes of at least 4 members (excludes halogenated alkanes) is 2. The molecule has 14 heteroatoms. The normalized spacial score (nSPS) is 13.4. The van der Waals surface area contributed by atoms with E-state index in [0.717, 1.165) is 57.5 Å². The molecule has 0 unspecified atom stereocenters. The van der Waals surface area contributed by atoms with Crippen molar-refractivity contribution in [2.45, 2.75) is 39.5 Å². The first-order chi connectivity index (χ1) is 21.1. The number of non-ortho nitro benzene ring substituents is 1. The van der Waals surface area contributed by atoms with Gasteiger partial charge in [-0.2, -0.15) is 25.2 Å². The molecule has 0 aliphatic carbocycles. The van der Waals surface area contributed by atoms with Gasteiger partial charge in [-0.1, -0.05) is 26.7 Å². The number of aromatic nitrogens is 3. The summed E-state index contributed by atoms with van der Waals surface area (Å²) in [5, 5.41) is 25.6. The summed E-state index contributed by atoms with van der Waals surface area (Å²) in [6.07, 6.45) is 4.16. The van der Waals surface area contributed by atoms with Gasteiger partial charge in [0.05, 0.1) is 16.3 Å². The topological polar surface area (TPSA) is 156 Å². The average Bonchev–Trinajstić information content (AvgIpc) is 3.04. The number of nitro benzene ring substituents is 1. The average molecular weight is 593 g/mol. The molecule has 2 heterocycles.